The zero-order valence-electron chi connectivity index (χ0n) is 37.5. The van der Waals surface area contributed by atoms with Gasteiger partial charge in [0.05, 0.1) is 17.1 Å². The number of ether oxygens (including phenoxy) is 2. The van der Waals surface area contributed by atoms with Crippen molar-refractivity contribution >= 4 is 51.0 Å². The van der Waals surface area contributed by atoms with Crippen LogP contribution in [0.2, 0.25) is 0 Å². The molecular weight excluding hydrogens is 848 g/mol. The first-order valence-electron chi connectivity index (χ1n) is 23.0. The van der Waals surface area contributed by atoms with Gasteiger partial charge in [-0.25, -0.2) is 4.39 Å². The van der Waals surface area contributed by atoms with Gasteiger partial charge in [-0.3, -0.25) is 0 Å². The van der Waals surface area contributed by atoms with Crippen molar-refractivity contribution in [3.05, 3.63) is 261 Å². The van der Waals surface area contributed by atoms with E-state index in [2.05, 4.69) is 139 Å². The number of allylic oxidation sites excluding steroid dienone is 4. The molecule has 0 bridgehead atoms. The summed E-state index contributed by atoms with van der Waals surface area (Å²) >= 11 is 0. The summed E-state index contributed by atoms with van der Waals surface area (Å²) < 4.78 is 30.8. The summed E-state index contributed by atoms with van der Waals surface area (Å²) in [6, 6.07) is 74.1. The normalized spacial score (nSPS) is 12.0. The lowest BCUT2D eigenvalue weighted by Gasteiger charge is -2.31. The molecule has 69 heavy (non-hydrogen) atoms. The molecule has 0 N–H and O–H groups in total. The van der Waals surface area contributed by atoms with E-state index in [4.69, 9.17) is 9.47 Å². The van der Waals surface area contributed by atoms with Crippen molar-refractivity contribution in [2.75, 3.05) is 9.80 Å². The molecule has 0 fully saturated rings. The van der Waals surface area contributed by atoms with Crippen molar-refractivity contribution in [3.8, 4) is 67.5 Å². The van der Waals surface area contributed by atoms with Gasteiger partial charge in [-0.05, 0) is 119 Å². The van der Waals surface area contributed by atoms with Gasteiger partial charge in [0.2, 0.25) is 0 Å². The minimum atomic E-state index is -0.354. The van der Waals surface area contributed by atoms with Gasteiger partial charge >= 0.3 is 0 Å². The van der Waals surface area contributed by atoms with Gasteiger partial charge in [-0.1, -0.05) is 152 Å². The summed E-state index contributed by atoms with van der Waals surface area (Å²) in [7, 11) is 0. The molecule has 0 aromatic heterocycles. The predicted molar refractivity (Wildman–Crippen MR) is 284 cm³/mol. The maximum Gasteiger partial charge on any atom is 0.148 e. The Kier molecular flexibility index (Phi) is 10.5. The van der Waals surface area contributed by atoms with Crippen LogP contribution in [-0.4, -0.2) is 0 Å². The molecule has 0 radical (unpaired) electrons. The molecule has 0 aliphatic carbocycles. The van der Waals surface area contributed by atoms with Crippen LogP contribution >= 0.6 is 0 Å². The molecule has 0 unspecified atom stereocenters. The number of para-hydroxylation sites is 3. The van der Waals surface area contributed by atoms with Crippen molar-refractivity contribution in [2.45, 2.75) is 0 Å². The average molecular weight is 891 g/mol. The fourth-order valence-corrected chi connectivity index (χ4v) is 9.81. The Morgan fingerprint density at radius 1 is 0.377 bits per heavy atom. The van der Waals surface area contributed by atoms with Crippen molar-refractivity contribution < 1.29 is 13.9 Å². The van der Waals surface area contributed by atoms with E-state index in [0.717, 1.165) is 107 Å². The quantitative estimate of drug-likeness (QED) is 0.121. The maximum absolute atomic E-state index is 17.0. The number of halogens is 1. The first-order valence-corrected chi connectivity index (χ1v) is 23.0. The van der Waals surface area contributed by atoms with Crippen molar-refractivity contribution in [1.82, 2.24) is 0 Å². The zero-order chi connectivity index (χ0) is 46.3. The highest BCUT2D eigenvalue weighted by Crippen LogP contribution is 2.57. The van der Waals surface area contributed by atoms with Gasteiger partial charge in [-0.15, -0.1) is 0 Å². The second kappa shape index (κ2) is 17.6. The molecule has 12 rings (SSSR count). The highest BCUT2D eigenvalue weighted by molar-refractivity contribution is 6.14. The highest BCUT2D eigenvalue weighted by Gasteiger charge is 2.30. The van der Waals surface area contributed by atoms with Crippen LogP contribution in [0.4, 0.5) is 38.5 Å². The minimum absolute atomic E-state index is 0.354. The first-order chi connectivity index (χ1) is 34.1. The number of nitrogens with zero attached hydrogens (tertiary/aromatic N) is 2. The molecule has 0 saturated heterocycles. The molecule has 5 heteroatoms. The topological polar surface area (TPSA) is 24.9 Å². The average Bonchev–Trinajstić information content (AvgIpc) is 3.40. The lowest BCUT2D eigenvalue weighted by molar-refractivity contribution is 0.480. The summed E-state index contributed by atoms with van der Waals surface area (Å²) in [6.07, 6.45) is 9.23. The van der Waals surface area contributed by atoms with E-state index < -0.39 is 0 Å². The molecule has 2 heterocycles. The zero-order valence-corrected chi connectivity index (χ0v) is 37.5. The van der Waals surface area contributed by atoms with E-state index in [1.54, 1.807) is 12.1 Å². The summed E-state index contributed by atoms with van der Waals surface area (Å²) in [5.41, 5.74) is 13.8. The highest BCUT2D eigenvalue weighted by atomic mass is 19.1. The molecule has 2 aliphatic heterocycles. The van der Waals surface area contributed by atoms with Crippen molar-refractivity contribution in [2.24, 2.45) is 0 Å². The SMILES string of the molecule is C=C/C=C\C=C\c1cc(F)c(N(c2ccccc2)c2ccc3c(c2)Oc2ccc4c5c(ccc-3c25)Oc2cc(N(c3ccccc3)c3ccccc3-c3ccccc3)ccc2-4)c(-c2ccccc2)c1. The third-order valence-corrected chi connectivity index (χ3v) is 12.9. The van der Waals surface area contributed by atoms with Crippen molar-refractivity contribution in [3.63, 3.8) is 0 Å². The molecule has 10 aromatic carbocycles. The van der Waals surface area contributed by atoms with Gasteiger partial charge in [0.25, 0.3) is 0 Å². The van der Waals surface area contributed by atoms with Crippen LogP contribution in [0.3, 0.4) is 0 Å². The molecule has 2 aliphatic rings. The van der Waals surface area contributed by atoms with E-state index in [-0.39, 0.29) is 5.82 Å². The molecule has 10 aromatic rings. The van der Waals surface area contributed by atoms with Crippen LogP contribution < -0.4 is 19.3 Å². The third kappa shape index (κ3) is 7.43. The van der Waals surface area contributed by atoms with Crippen molar-refractivity contribution in [1.29, 1.82) is 0 Å². The number of benzene rings is 10. The third-order valence-electron chi connectivity index (χ3n) is 12.9. The Morgan fingerprint density at radius 3 is 1.45 bits per heavy atom. The molecule has 0 amide bonds. The summed E-state index contributed by atoms with van der Waals surface area (Å²) in [5, 5.41) is 2.00. The standard InChI is InChI=1S/C64H43FN2O2/c1-2-3-4-9-20-43-39-55(45-23-12-6-13-24-45)64(56(65)40-43)67(47-27-16-8-17-28-47)49-32-34-52-54-36-37-58-62-53(35-38-59(63(54)62)69-61(52)42-49)51-33-31-48(41-60(51)68-58)66(46-25-14-7-15-26-46)57-30-19-18-29-50(57)44-21-10-5-11-22-44/h2-42H,1H2/b4-3-,20-9+. The number of rotatable bonds is 11. The van der Waals surface area contributed by atoms with Gasteiger partial charge in [-0.2, -0.15) is 0 Å². The smallest absolute Gasteiger partial charge is 0.148 e. The molecule has 0 spiro atoms. The number of hydrogen-bond acceptors (Lipinski definition) is 4. The van der Waals surface area contributed by atoms with Crippen LogP contribution in [0.5, 0.6) is 23.0 Å². The summed E-state index contributed by atoms with van der Waals surface area (Å²) in [6.45, 7) is 3.76. The van der Waals surface area contributed by atoms with Crippen LogP contribution in [-0.2, 0) is 0 Å². The molecule has 4 nitrogen and oxygen atoms in total. The second-order valence-electron chi connectivity index (χ2n) is 17.0. The monoisotopic (exact) mass is 890 g/mol. The van der Waals surface area contributed by atoms with E-state index in [1.807, 2.05) is 114 Å². The van der Waals surface area contributed by atoms with Crippen LogP contribution in [0, 0.1) is 5.82 Å². The van der Waals surface area contributed by atoms with E-state index in [9.17, 15) is 0 Å². The Labute approximate surface area is 401 Å². The Bertz CT molecular complexity index is 3640. The molecular formula is C64H43FN2O2. The van der Waals surface area contributed by atoms with E-state index >= 15 is 4.39 Å². The Balaban J connectivity index is 0.951. The van der Waals surface area contributed by atoms with Gasteiger partial charge in [0.1, 0.15) is 28.8 Å². The lowest BCUT2D eigenvalue weighted by Crippen LogP contribution is -2.14. The van der Waals surface area contributed by atoms with Crippen LogP contribution in [0.1, 0.15) is 5.56 Å². The minimum Gasteiger partial charge on any atom is -0.456 e. The lowest BCUT2D eigenvalue weighted by atomic mass is 9.88. The van der Waals surface area contributed by atoms with Gasteiger partial charge in [0.15, 0.2) is 0 Å². The fraction of sp³-hybridized carbons (Fsp3) is 0. The van der Waals surface area contributed by atoms with E-state index in [0.29, 0.717) is 11.4 Å². The number of hydrogen-bond donors (Lipinski definition) is 0. The number of anilines is 6. The maximum atomic E-state index is 17.0. The second-order valence-corrected chi connectivity index (χ2v) is 17.0. The molecule has 328 valence electrons. The Morgan fingerprint density at radius 2 is 0.870 bits per heavy atom. The van der Waals surface area contributed by atoms with Crippen LogP contribution in [0.25, 0.3) is 61.4 Å². The largest absolute Gasteiger partial charge is 0.456 e. The molecule has 0 saturated carbocycles. The molecule has 0 atom stereocenters. The fourth-order valence-electron chi connectivity index (χ4n) is 9.81. The number of fused-ring (bicyclic) bond motifs is 4. The van der Waals surface area contributed by atoms with Crippen LogP contribution in [0.15, 0.2) is 249 Å². The Hall–Kier alpha value is -9.19. The summed E-state index contributed by atoms with van der Waals surface area (Å²) in [4.78, 5) is 4.29. The first kappa shape index (κ1) is 41.3. The summed E-state index contributed by atoms with van der Waals surface area (Å²) in [5.74, 6) is 2.60. The predicted octanol–water partition coefficient (Wildman–Crippen LogP) is 18.6. The van der Waals surface area contributed by atoms with E-state index in [1.165, 1.54) is 0 Å². The van der Waals surface area contributed by atoms with Gasteiger partial charge < -0.3 is 19.3 Å². The van der Waals surface area contributed by atoms with Gasteiger partial charge in [0, 0.05) is 62.2 Å².